The maximum atomic E-state index is 12.4. The third kappa shape index (κ3) is 3.91. The zero-order valence-electron chi connectivity index (χ0n) is 10.9. The van der Waals surface area contributed by atoms with Crippen LogP contribution in [0.3, 0.4) is 0 Å². The van der Waals surface area contributed by atoms with Gasteiger partial charge in [0.05, 0.1) is 6.54 Å². The average molecular weight is 278 g/mol. The second kappa shape index (κ2) is 6.46. The minimum atomic E-state index is -3.62. The van der Waals surface area contributed by atoms with Crippen LogP contribution in [0.1, 0.15) is 20.3 Å². The standard InChI is InChI=1S/C10H22N4O3S/c1-9(2)14(8-10(11)15)18(16,17)13-6-3-4-12-5-7-13/h9,12H,3-8H2,1-2H3,(H2,11,15). The van der Waals surface area contributed by atoms with Gasteiger partial charge >= 0.3 is 0 Å². The Bertz CT molecular complexity index is 375. The van der Waals surface area contributed by atoms with Gasteiger partial charge in [-0.15, -0.1) is 0 Å². The van der Waals surface area contributed by atoms with Crippen LogP contribution in [0, 0.1) is 0 Å². The van der Waals surface area contributed by atoms with Gasteiger partial charge in [0.2, 0.25) is 5.91 Å². The Labute approximate surface area is 108 Å². The number of nitrogens with one attached hydrogen (secondary N) is 1. The van der Waals surface area contributed by atoms with E-state index in [1.54, 1.807) is 13.8 Å². The predicted octanol–water partition coefficient (Wildman–Crippen LogP) is -1.28. The molecule has 1 rings (SSSR count). The molecular formula is C10H22N4O3S. The summed E-state index contributed by atoms with van der Waals surface area (Å²) in [4.78, 5) is 11.0. The van der Waals surface area contributed by atoms with E-state index in [1.807, 2.05) is 0 Å². The first-order valence-electron chi connectivity index (χ1n) is 6.11. The largest absolute Gasteiger partial charge is 0.369 e. The second-order valence-electron chi connectivity index (χ2n) is 4.62. The van der Waals surface area contributed by atoms with E-state index in [0.29, 0.717) is 19.6 Å². The van der Waals surface area contributed by atoms with Crippen molar-refractivity contribution >= 4 is 16.1 Å². The quantitative estimate of drug-likeness (QED) is 0.655. The minimum absolute atomic E-state index is 0.274. The summed E-state index contributed by atoms with van der Waals surface area (Å²) < 4.78 is 27.4. The topological polar surface area (TPSA) is 95.7 Å². The molecule has 0 aliphatic carbocycles. The third-order valence-corrected chi connectivity index (χ3v) is 4.97. The number of hydrogen-bond acceptors (Lipinski definition) is 4. The molecule has 1 fully saturated rings. The van der Waals surface area contributed by atoms with Crippen molar-refractivity contribution < 1.29 is 13.2 Å². The Kier molecular flexibility index (Phi) is 5.51. The predicted molar refractivity (Wildman–Crippen MR) is 69.0 cm³/mol. The van der Waals surface area contributed by atoms with Crippen molar-refractivity contribution in [2.45, 2.75) is 26.3 Å². The van der Waals surface area contributed by atoms with Gasteiger partial charge in [-0.3, -0.25) is 4.79 Å². The van der Waals surface area contributed by atoms with E-state index >= 15 is 0 Å². The molecule has 1 saturated heterocycles. The lowest BCUT2D eigenvalue weighted by atomic mass is 10.4. The zero-order chi connectivity index (χ0) is 13.8. The van der Waals surface area contributed by atoms with Crippen molar-refractivity contribution in [3.8, 4) is 0 Å². The molecule has 1 heterocycles. The van der Waals surface area contributed by atoms with Crippen molar-refractivity contribution in [3.63, 3.8) is 0 Å². The molecule has 8 heteroatoms. The number of carbonyl (C=O) groups excluding carboxylic acids is 1. The summed E-state index contributed by atoms with van der Waals surface area (Å²) in [6.45, 7) is 5.52. The second-order valence-corrected chi connectivity index (χ2v) is 6.50. The van der Waals surface area contributed by atoms with Gasteiger partial charge in [0, 0.05) is 25.7 Å². The first kappa shape index (κ1) is 15.4. The number of nitrogens with two attached hydrogens (primary N) is 1. The van der Waals surface area contributed by atoms with Crippen molar-refractivity contribution in [2.75, 3.05) is 32.7 Å². The lowest BCUT2D eigenvalue weighted by Crippen LogP contribution is -2.50. The first-order chi connectivity index (χ1) is 8.35. The summed E-state index contributed by atoms with van der Waals surface area (Å²) in [6, 6.07) is -0.293. The van der Waals surface area contributed by atoms with Gasteiger partial charge in [-0.05, 0) is 26.8 Å². The number of hydrogen-bond donors (Lipinski definition) is 2. The molecule has 0 radical (unpaired) electrons. The van der Waals surface area contributed by atoms with Crippen LogP contribution in [0.15, 0.2) is 0 Å². The highest BCUT2D eigenvalue weighted by Gasteiger charge is 2.32. The van der Waals surface area contributed by atoms with Gasteiger partial charge in [-0.25, -0.2) is 0 Å². The van der Waals surface area contributed by atoms with Crippen LogP contribution < -0.4 is 11.1 Å². The van der Waals surface area contributed by atoms with E-state index in [2.05, 4.69) is 5.32 Å². The number of amides is 1. The third-order valence-electron chi connectivity index (χ3n) is 2.81. The highest BCUT2D eigenvalue weighted by molar-refractivity contribution is 7.86. The highest BCUT2D eigenvalue weighted by Crippen LogP contribution is 2.13. The first-order valence-corrected chi connectivity index (χ1v) is 7.51. The smallest absolute Gasteiger partial charge is 0.282 e. The zero-order valence-corrected chi connectivity index (χ0v) is 11.7. The Morgan fingerprint density at radius 2 is 2.06 bits per heavy atom. The van der Waals surface area contributed by atoms with Crippen molar-refractivity contribution in [2.24, 2.45) is 5.73 Å². The van der Waals surface area contributed by atoms with Crippen LogP contribution in [0.25, 0.3) is 0 Å². The van der Waals surface area contributed by atoms with E-state index in [0.717, 1.165) is 17.3 Å². The van der Waals surface area contributed by atoms with Crippen LogP contribution in [-0.4, -0.2) is 61.7 Å². The van der Waals surface area contributed by atoms with Gasteiger partial charge in [0.25, 0.3) is 10.2 Å². The summed E-state index contributed by atoms with van der Waals surface area (Å²) in [5.41, 5.74) is 5.11. The minimum Gasteiger partial charge on any atom is -0.369 e. The summed E-state index contributed by atoms with van der Waals surface area (Å²) >= 11 is 0. The van der Waals surface area contributed by atoms with Gasteiger partial charge in [-0.1, -0.05) is 0 Å². The normalized spacial score (nSPS) is 19.1. The Hall–Kier alpha value is -0.700. The number of nitrogens with zero attached hydrogens (tertiary/aromatic N) is 2. The van der Waals surface area contributed by atoms with E-state index < -0.39 is 16.1 Å². The van der Waals surface area contributed by atoms with Crippen LogP contribution >= 0.6 is 0 Å². The Balaban J connectivity index is 2.88. The molecular weight excluding hydrogens is 256 g/mol. The van der Waals surface area contributed by atoms with Gasteiger partial charge in [0.1, 0.15) is 0 Å². The maximum Gasteiger partial charge on any atom is 0.282 e. The fraction of sp³-hybridized carbons (Fsp3) is 0.900. The maximum absolute atomic E-state index is 12.4. The lowest BCUT2D eigenvalue weighted by molar-refractivity contribution is -0.118. The molecule has 0 saturated carbocycles. The molecule has 1 amide bonds. The van der Waals surface area contributed by atoms with Gasteiger partial charge in [0.15, 0.2) is 0 Å². The monoisotopic (exact) mass is 278 g/mol. The summed E-state index contributed by atoms with van der Waals surface area (Å²) in [5.74, 6) is -0.639. The van der Waals surface area contributed by atoms with Crippen molar-refractivity contribution in [3.05, 3.63) is 0 Å². The molecule has 3 N–H and O–H groups in total. The number of rotatable bonds is 5. The molecule has 1 aliphatic rings. The fourth-order valence-electron chi connectivity index (χ4n) is 1.88. The van der Waals surface area contributed by atoms with E-state index in [1.165, 1.54) is 4.31 Å². The fourth-order valence-corrected chi connectivity index (χ4v) is 3.69. The van der Waals surface area contributed by atoms with Crippen LogP contribution in [0.5, 0.6) is 0 Å². The van der Waals surface area contributed by atoms with Crippen LogP contribution in [-0.2, 0) is 15.0 Å². The van der Waals surface area contributed by atoms with E-state index in [-0.39, 0.29) is 12.6 Å². The SMILES string of the molecule is CC(C)N(CC(N)=O)S(=O)(=O)N1CCCNCC1. The van der Waals surface area contributed by atoms with Gasteiger partial charge in [-0.2, -0.15) is 17.0 Å². The molecule has 1 aliphatic heterocycles. The molecule has 0 spiro atoms. The summed E-state index contributed by atoms with van der Waals surface area (Å²) in [6.07, 6.45) is 0.766. The van der Waals surface area contributed by atoms with E-state index in [4.69, 9.17) is 5.73 Å². The van der Waals surface area contributed by atoms with Crippen LogP contribution in [0.2, 0.25) is 0 Å². The summed E-state index contributed by atoms with van der Waals surface area (Å²) in [7, 11) is -3.62. The molecule has 0 unspecified atom stereocenters. The van der Waals surface area contributed by atoms with Crippen molar-refractivity contribution in [1.82, 2.24) is 13.9 Å². The lowest BCUT2D eigenvalue weighted by Gasteiger charge is -2.30. The Morgan fingerprint density at radius 3 is 2.61 bits per heavy atom. The molecule has 0 bridgehead atoms. The summed E-state index contributed by atoms with van der Waals surface area (Å²) in [5, 5.41) is 3.14. The highest BCUT2D eigenvalue weighted by atomic mass is 32.2. The van der Waals surface area contributed by atoms with Gasteiger partial charge < -0.3 is 11.1 Å². The number of carbonyl (C=O) groups is 1. The van der Waals surface area contributed by atoms with Crippen LogP contribution in [0.4, 0.5) is 0 Å². The Morgan fingerprint density at radius 1 is 1.39 bits per heavy atom. The average Bonchev–Trinajstić information content (AvgIpc) is 2.53. The molecule has 7 nitrogen and oxygen atoms in total. The molecule has 0 atom stereocenters. The molecule has 0 aromatic carbocycles. The molecule has 18 heavy (non-hydrogen) atoms. The van der Waals surface area contributed by atoms with Crippen molar-refractivity contribution in [1.29, 1.82) is 0 Å². The molecule has 106 valence electrons. The van der Waals surface area contributed by atoms with E-state index in [9.17, 15) is 13.2 Å². The number of primary amides is 1. The molecule has 0 aromatic heterocycles. The molecule has 0 aromatic rings.